The van der Waals surface area contributed by atoms with Gasteiger partial charge in [-0.05, 0) is 48.8 Å². The lowest BCUT2D eigenvalue weighted by Crippen LogP contribution is -2.40. The molecule has 0 unspecified atom stereocenters. The predicted molar refractivity (Wildman–Crippen MR) is 77.0 cm³/mol. The SMILES string of the molecule is C=Cc1cc2c(nc1C(CC)CC)NC1CC2C1. The van der Waals surface area contributed by atoms with Gasteiger partial charge < -0.3 is 5.32 Å². The van der Waals surface area contributed by atoms with Crippen molar-refractivity contribution in [3.8, 4) is 0 Å². The summed E-state index contributed by atoms with van der Waals surface area (Å²) in [4.78, 5) is 4.92. The largest absolute Gasteiger partial charge is 0.367 e. The average Bonchev–Trinajstić information content (AvgIpc) is 2.37. The molecule has 0 radical (unpaired) electrons. The molecule has 2 aliphatic heterocycles. The second kappa shape index (κ2) is 4.42. The third kappa shape index (κ3) is 1.66. The summed E-state index contributed by atoms with van der Waals surface area (Å²) in [5, 5.41) is 3.58. The number of hydrogen-bond donors (Lipinski definition) is 1. The fourth-order valence-electron chi connectivity index (χ4n) is 3.34. The van der Waals surface area contributed by atoms with E-state index in [1.54, 1.807) is 0 Å². The molecule has 0 amide bonds. The molecule has 1 N–H and O–H groups in total. The van der Waals surface area contributed by atoms with Crippen LogP contribution >= 0.6 is 0 Å². The number of nitrogens with one attached hydrogen (secondary N) is 1. The topological polar surface area (TPSA) is 24.9 Å². The van der Waals surface area contributed by atoms with Crippen molar-refractivity contribution in [2.75, 3.05) is 5.32 Å². The van der Waals surface area contributed by atoms with Crippen molar-refractivity contribution in [2.24, 2.45) is 0 Å². The van der Waals surface area contributed by atoms with Crippen molar-refractivity contribution < 1.29 is 0 Å². The molecular formula is C16H22N2. The van der Waals surface area contributed by atoms with Gasteiger partial charge in [-0.25, -0.2) is 4.98 Å². The maximum absolute atomic E-state index is 4.92. The lowest BCUT2D eigenvalue weighted by atomic mass is 9.72. The Kier molecular flexibility index (Phi) is 2.89. The van der Waals surface area contributed by atoms with E-state index in [1.165, 1.54) is 29.7 Å². The van der Waals surface area contributed by atoms with Crippen LogP contribution in [-0.4, -0.2) is 11.0 Å². The number of hydrogen-bond acceptors (Lipinski definition) is 2. The zero-order valence-electron chi connectivity index (χ0n) is 11.4. The summed E-state index contributed by atoms with van der Waals surface area (Å²) in [6.07, 6.45) is 6.85. The fourth-order valence-corrected chi connectivity index (χ4v) is 3.34. The normalized spacial score (nSPS) is 24.2. The summed E-state index contributed by atoms with van der Waals surface area (Å²) in [6, 6.07) is 3.01. The zero-order valence-corrected chi connectivity index (χ0v) is 11.4. The Balaban J connectivity index is 2.06. The molecule has 2 bridgehead atoms. The molecule has 4 rings (SSSR count). The Bertz CT molecular complexity index is 468. The fraction of sp³-hybridized carbons (Fsp3) is 0.562. The molecule has 2 nitrogen and oxygen atoms in total. The highest BCUT2D eigenvalue weighted by Crippen LogP contribution is 2.47. The predicted octanol–water partition coefficient (Wildman–Crippen LogP) is 4.30. The lowest BCUT2D eigenvalue weighted by molar-refractivity contribution is 0.354. The van der Waals surface area contributed by atoms with Crippen LogP contribution in [0.5, 0.6) is 0 Å². The van der Waals surface area contributed by atoms with Gasteiger partial charge in [0, 0.05) is 12.0 Å². The number of nitrogens with zero attached hydrogens (tertiary/aromatic N) is 1. The maximum atomic E-state index is 4.92. The summed E-state index contributed by atoms with van der Waals surface area (Å²) in [5.41, 5.74) is 3.90. The van der Waals surface area contributed by atoms with E-state index in [0.717, 1.165) is 24.6 Å². The first-order valence-corrected chi connectivity index (χ1v) is 7.20. The van der Waals surface area contributed by atoms with Gasteiger partial charge in [0.2, 0.25) is 0 Å². The third-order valence-electron chi connectivity index (χ3n) is 4.62. The van der Waals surface area contributed by atoms with Crippen molar-refractivity contribution in [3.63, 3.8) is 0 Å². The summed E-state index contributed by atoms with van der Waals surface area (Å²) >= 11 is 0. The molecular weight excluding hydrogens is 220 g/mol. The summed E-state index contributed by atoms with van der Waals surface area (Å²) < 4.78 is 0. The van der Waals surface area contributed by atoms with Crippen LogP contribution in [0.3, 0.4) is 0 Å². The molecule has 2 heteroatoms. The monoisotopic (exact) mass is 242 g/mol. The number of aromatic nitrogens is 1. The molecule has 1 saturated carbocycles. The highest BCUT2D eigenvalue weighted by molar-refractivity contribution is 5.62. The lowest BCUT2D eigenvalue weighted by Gasteiger charge is -2.43. The Labute approximate surface area is 110 Å². The van der Waals surface area contributed by atoms with E-state index in [9.17, 15) is 0 Å². The maximum Gasteiger partial charge on any atom is 0.130 e. The summed E-state index contributed by atoms with van der Waals surface area (Å²) in [7, 11) is 0. The minimum Gasteiger partial charge on any atom is -0.367 e. The van der Waals surface area contributed by atoms with Crippen molar-refractivity contribution in [1.29, 1.82) is 0 Å². The van der Waals surface area contributed by atoms with E-state index in [2.05, 4.69) is 31.8 Å². The molecule has 1 aromatic heterocycles. The molecule has 0 spiro atoms. The molecule has 1 aliphatic carbocycles. The van der Waals surface area contributed by atoms with Crippen molar-refractivity contribution in [3.05, 3.63) is 29.5 Å². The smallest absolute Gasteiger partial charge is 0.130 e. The Morgan fingerprint density at radius 1 is 1.44 bits per heavy atom. The highest BCUT2D eigenvalue weighted by Gasteiger charge is 2.38. The Hall–Kier alpha value is -1.31. The van der Waals surface area contributed by atoms with Crippen LogP contribution in [0.1, 0.15) is 68.2 Å². The van der Waals surface area contributed by atoms with Gasteiger partial charge in [-0.1, -0.05) is 26.5 Å². The molecule has 1 aromatic rings. The molecule has 0 atom stereocenters. The van der Waals surface area contributed by atoms with Gasteiger partial charge in [0.05, 0.1) is 5.69 Å². The second-order valence-electron chi connectivity index (χ2n) is 5.63. The minimum absolute atomic E-state index is 0.559. The van der Waals surface area contributed by atoms with E-state index < -0.39 is 0 Å². The molecule has 1 fully saturated rings. The second-order valence-corrected chi connectivity index (χ2v) is 5.63. The van der Waals surface area contributed by atoms with Crippen LogP contribution in [-0.2, 0) is 0 Å². The van der Waals surface area contributed by atoms with Gasteiger partial charge >= 0.3 is 0 Å². The Morgan fingerprint density at radius 3 is 2.78 bits per heavy atom. The van der Waals surface area contributed by atoms with E-state index in [4.69, 9.17) is 4.98 Å². The first-order valence-electron chi connectivity index (χ1n) is 7.20. The number of anilines is 1. The summed E-state index contributed by atoms with van der Waals surface area (Å²) in [6.45, 7) is 8.46. The van der Waals surface area contributed by atoms with Gasteiger partial charge in [-0.3, -0.25) is 0 Å². The molecule has 0 saturated heterocycles. The van der Waals surface area contributed by atoms with E-state index in [-0.39, 0.29) is 0 Å². The van der Waals surface area contributed by atoms with Gasteiger partial charge in [-0.15, -0.1) is 0 Å². The molecule has 3 aliphatic rings. The van der Waals surface area contributed by atoms with Crippen molar-refractivity contribution in [1.82, 2.24) is 4.98 Å². The van der Waals surface area contributed by atoms with E-state index in [1.807, 2.05) is 6.08 Å². The van der Waals surface area contributed by atoms with Crippen LogP contribution < -0.4 is 5.32 Å². The molecule has 0 aromatic carbocycles. The van der Waals surface area contributed by atoms with Gasteiger partial charge in [0.25, 0.3) is 0 Å². The number of pyridine rings is 1. The van der Waals surface area contributed by atoms with Gasteiger partial charge in [-0.2, -0.15) is 0 Å². The molecule has 96 valence electrons. The highest BCUT2D eigenvalue weighted by atomic mass is 15.1. The van der Waals surface area contributed by atoms with Crippen LogP contribution in [0.4, 0.5) is 5.82 Å². The first kappa shape index (κ1) is 11.8. The molecule has 3 heterocycles. The standard InChI is InChI=1S/C16H22N2/c1-4-10(5-2)15-11(6-3)9-14-12-7-13(8-12)17-16(14)18-15/h6,9-10,12-13H,3-5,7-8H2,1-2H3,(H,17,18). The van der Waals surface area contributed by atoms with E-state index >= 15 is 0 Å². The molecule has 18 heavy (non-hydrogen) atoms. The quantitative estimate of drug-likeness (QED) is 0.851. The number of rotatable bonds is 4. The van der Waals surface area contributed by atoms with E-state index in [0.29, 0.717) is 12.0 Å². The van der Waals surface area contributed by atoms with Gasteiger partial charge in [0.15, 0.2) is 0 Å². The van der Waals surface area contributed by atoms with Crippen LogP contribution in [0.2, 0.25) is 0 Å². The van der Waals surface area contributed by atoms with Crippen LogP contribution in [0, 0.1) is 0 Å². The third-order valence-corrected chi connectivity index (χ3v) is 4.62. The van der Waals surface area contributed by atoms with Crippen molar-refractivity contribution in [2.45, 2.75) is 57.4 Å². The Morgan fingerprint density at radius 2 is 2.17 bits per heavy atom. The zero-order chi connectivity index (χ0) is 12.7. The van der Waals surface area contributed by atoms with Crippen LogP contribution in [0.15, 0.2) is 12.6 Å². The first-order chi connectivity index (χ1) is 8.76. The van der Waals surface area contributed by atoms with Crippen LogP contribution in [0.25, 0.3) is 6.08 Å². The minimum atomic E-state index is 0.559. The van der Waals surface area contributed by atoms with Gasteiger partial charge in [0.1, 0.15) is 5.82 Å². The van der Waals surface area contributed by atoms with Crippen molar-refractivity contribution >= 4 is 11.9 Å². The summed E-state index contributed by atoms with van der Waals surface area (Å²) in [5.74, 6) is 2.45. The average molecular weight is 242 g/mol.